The van der Waals surface area contributed by atoms with E-state index in [-0.39, 0.29) is 5.76 Å². The maximum Gasteiger partial charge on any atom is 0.310 e. The maximum atomic E-state index is 13.2. The predicted octanol–water partition coefficient (Wildman–Crippen LogP) is 3.66. The standard InChI is InChI=1S/C23H23N3O6S/c1-30-20-10-5-9-17(22(20)31-2)19-14-18(24-26(19)23(27)21-11-6-12-32-21)15-7-4-8-16(13-15)25-33(3,28)29/h4-13,19,25H,14H2,1-3H3/t19-/m0/s1. The normalized spacial score (nSPS) is 15.8. The van der Waals surface area contributed by atoms with Crippen molar-refractivity contribution < 1.29 is 27.1 Å². The van der Waals surface area contributed by atoms with Crippen molar-refractivity contribution in [3.05, 3.63) is 77.7 Å². The minimum atomic E-state index is -3.44. The van der Waals surface area contributed by atoms with E-state index in [0.29, 0.717) is 34.9 Å². The van der Waals surface area contributed by atoms with E-state index in [2.05, 4.69) is 9.82 Å². The molecule has 1 N–H and O–H groups in total. The second-order valence-corrected chi connectivity index (χ2v) is 9.18. The largest absolute Gasteiger partial charge is 0.493 e. The summed E-state index contributed by atoms with van der Waals surface area (Å²) in [6.07, 6.45) is 2.88. The van der Waals surface area contributed by atoms with Crippen LogP contribution in [0.3, 0.4) is 0 Å². The number of ether oxygens (including phenoxy) is 2. The Kier molecular flexibility index (Phi) is 6.10. The highest BCUT2D eigenvalue weighted by Crippen LogP contribution is 2.42. The molecule has 2 aromatic carbocycles. The van der Waals surface area contributed by atoms with Crippen molar-refractivity contribution in [1.29, 1.82) is 0 Å². The number of nitrogens with one attached hydrogen (secondary N) is 1. The van der Waals surface area contributed by atoms with Gasteiger partial charge < -0.3 is 13.9 Å². The second-order valence-electron chi connectivity index (χ2n) is 7.43. The first-order valence-corrected chi connectivity index (χ1v) is 11.9. The zero-order chi connectivity index (χ0) is 23.6. The molecule has 4 rings (SSSR count). The molecule has 0 saturated carbocycles. The molecule has 0 saturated heterocycles. The van der Waals surface area contributed by atoms with Gasteiger partial charge in [-0.3, -0.25) is 9.52 Å². The molecule has 1 atom stereocenters. The number of hydrogen-bond acceptors (Lipinski definition) is 7. The van der Waals surface area contributed by atoms with E-state index in [1.54, 1.807) is 43.5 Å². The molecule has 0 bridgehead atoms. The number of carbonyl (C=O) groups excluding carboxylic acids is 1. The molecule has 0 radical (unpaired) electrons. The van der Waals surface area contributed by atoms with Crippen LogP contribution in [0.15, 0.2) is 70.4 Å². The van der Waals surface area contributed by atoms with Gasteiger partial charge in [0.1, 0.15) is 0 Å². The molecule has 1 aliphatic rings. The highest BCUT2D eigenvalue weighted by Gasteiger charge is 2.37. The van der Waals surface area contributed by atoms with Gasteiger partial charge >= 0.3 is 5.91 Å². The van der Waals surface area contributed by atoms with Crippen LogP contribution in [0.2, 0.25) is 0 Å². The summed E-state index contributed by atoms with van der Waals surface area (Å²) in [5.74, 6) is 0.786. The van der Waals surface area contributed by atoms with Crippen molar-refractivity contribution >= 4 is 27.3 Å². The van der Waals surface area contributed by atoms with Gasteiger partial charge in [0, 0.05) is 17.7 Å². The van der Waals surface area contributed by atoms with Crippen molar-refractivity contribution in [1.82, 2.24) is 5.01 Å². The first-order valence-electron chi connectivity index (χ1n) is 10.0. The third-order valence-corrected chi connectivity index (χ3v) is 5.75. The number of furan rings is 1. The molecular weight excluding hydrogens is 446 g/mol. The van der Waals surface area contributed by atoms with Gasteiger partial charge in [-0.05, 0) is 35.9 Å². The lowest BCUT2D eigenvalue weighted by atomic mass is 9.97. The first kappa shape index (κ1) is 22.4. The van der Waals surface area contributed by atoms with Crippen molar-refractivity contribution in [3.63, 3.8) is 0 Å². The van der Waals surface area contributed by atoms with Gasteiger partial charge in [-0.15, -0.1) is 0 Å². The van der Waals surface area contributed by atoms with Crippen molar-refractivity contribution in [2.24, 2.45) is 5.10 Å². The molecule has 3 aromatic rings. The van der Waals surface area contributed by atoms with Crippen LogP contribution in [0.4, 0.5) is 5.69 Å². The fraction of sp³-hybridized carbons (Fsp3) is 0.217. The summed E-state index contributed by atoms with van der Waals surface area (Å²) in [5, 5.41) is 5.97. The molecule has 172 valence electrons. The van der Waals surface area contributed by atoms with Gasteiger partial charge in [0.15, 0.2) is 17.3 Å². The minimum Gasteiger partial charge on any atom is -0.493 e. The number of amides is 1. The molecule has 1 aliphatic heterocycles. The SMILES string of the molecule is COc1cccc([C@@H]2CC(c3cccc(NS(C)(=O)=O)c3)=NN2C(=O)c2ccco2)c1OC. The van der Waals surface area contributed by atoms with E-state index < -0.39 is 22.0 Å². The summed E-state index contributed by atoms with van der Waals surface area (Å²) in [6.45, 7) is 0. The Bertz CT molecular complexity index is 1300. The van der Waals surface area contributed by atoms with Crippen LogP contribution < -0.4 is 14.2 Å². The summed E-state index contributed by atoms with van der Waals surface area (Å²) in [6, 6.07) is 15.0. The Balaban J connectivity index is 1.77. The number of para-hydroxylation sites is 1. The highest BCUT2D eigenvalue weighted by molar-refractivity contribution is 7.92. The Morgan fingerprint density at radius 2 is 1.91 bits per heavy atom. The van der Waals surface area contributed by atoms with E-state index in [9.17, 15) is 13.2 Å². The minimum absolute atomic E-state index is 0.152. The molecule has 0 aliphatic carbocycles. The van der Waals surface area contributed by atoms with Crippen LogP contribution in [0, 0.1) is 0 Å². The third kappa shape index (κ3) is 4.70. The average Bonchev–Trinajstić information content (AvgIpc) is 3.47. The molecule has 2 heterocycles. The monoisotopic (exact) mass is 469 g/mol. The quantitative estimate of drug-likeness (QED) is 0.565. The van der Waals surface area contributed by atoms with Gasteiger partial charge in [-0.2, -0.15) is 5.10 Å². The average molecular weight is 470 g/mol. The van der Waals surface area contributed by atoms with Crippen LogP contribution in [0.25, 0.3) is 0 Å². The lowest BCUT2D eigenvalue weighted by molar-refractivity contribution is 0.0676. The fourth-order valence-electron chi connectivity index (χ4n) is 3.78. The summed E-state index contributed by atoms with van der Waals surface area (Å²) in [5.41, 5.74) is 2.43. The van der Waals surface area contributed by atoms with E-state index in [4.69, 9.17) is 13.9 Å². The second kappa shape index (κ2) is 8.99. The molecule has 1 aromatic heterocycles. The van der Waals surface area contributed by atoms with Crippen molar-refractivity contribution in [2.45, 2.75) is 12.5 Å². The number of nitrogens with zero attached hydrogens (tertiary/aromatic N) is 2. The van der Waals surface area contributed by atoms with Gasteiger partial charge in [-0.25, -0.2) is 13.4 Å². The molecule has 33 heavy (non-hydrogen) atoms. The lowest BCUT2D eigenvalue weighted by Gasteiger charge is -2.23. The van der Waals surface area contributed by atoms with Crippen LogP contribution in [-0.2, 0) is 10.0 Å². The number of rotatable bonds is 7. The van der Waals surface area contributed by atoms with Crippen LogP contribution in [0.1, 0.15) is 34.1 Å². The molecule has 10 heteroatoms. The lowest BCUT2D eigenvalue weighted by Crippen LogP contribution is -2.27. The topological polar surface area (TPSA) is 110 Å². The van der Waals surface area contributed by atoms with Gasteiger partial charge in [0.2, 0.25) is 10.0 Å². The predicted molar refractivity (Wildman–Crippen MR) is 123 cm³/mol. The van der Waals surface area contributed by atoms with E-state index in [1.807, 2.05) is 18.2 Å². The van der Waals surface area contributed by atoms with Gasteiger partial charge in [0.05, 0.1) is 38.5 Å². The molecule has 0 unspecified atom stereocenters. The highest BCUT2D eigenvalue weighted by atomic mass is 32.2. The van der Waals surface area contributed by atoms with Crippen LogP contribution >= 0.6 is 0 Å². The van der Waals surface area contributed by atoms with E-state index in [1.165, 1.54) is 18.4 Å². The number of anilines is 1. The third-order valence-electron chi connectivity index (χ3n) is 5.14. The zero-order valence-corrected chi connectivity index (χ0v) is 19.1. The Hall–Kier alpha value is -3.79. The molecule has 1 amide bonds. The Morgan fingerprint density at radius 1 is 1.12 bits per heavy atom. The summed E-state index contributed by atoms with van der Waals surface area (Å²) in [4.78, 5) is 13.2. The number of carbonyl (C=O) groups is 1. The summed E-state index contributed by atoms with van der Waals surface area (Å²) >= 11 is 0. The number of hydrazone groups is 1. The molecule has 9 nitrogen and oxygen atoms in total. The van der Waals surface area contributed by atoms with Gasteiger partial charge in [-0.1, -0.05) is 24.3 Å². The number of sulfonamides is 1. The molecule has 0 spiro atoms. The van der Waals surface area contributed by atoms with Crippen LogP contribution in [0.5, 0.6) is 11.5 Å². The van der Waals surface area contributed by atoms with Crippen molar-refractivity contribution in [3.8, 4) is 11.5 Å². The first-order chi connectivity index (χ1) is 15.8. The Morgan fingerprint density at radius 3 is 2.58 bits per heavy atom. The fourth-order valence-corrected chi connectivity index (χ4v) is 4.33. The number of hydrogen-bond donors (Lipinski definition) is 1. The summed E-state index contributed by atoms with van der Waals surface area (Å²) < 4.78 is 42.1. The van der Waals surface area contributed by atoms with E-state index in [0.717, 1.165) is 11.8 Å². The maximum absolute atomic E-state index is 13.2. The van der Waals surface area contributed by atoms with Crippen LogP contribution in [-0.4, -0.2) is 45.5 Å². The summed E-state index contributed by atoms with van der Waals surface area (Å²) in [7, 11) is -0.354. The van der Waals surface area contributed by atoms with E-state index >= 15 is 0 Å². The molecule has 0 fully saturated rings. The Labute approximate surface area is 191 Å². The zero-order valence-electron chi connectivity index (χ0n) is 18.3. The number of benzene rings is 2. The van der Waals surface area contributed by atoms with Crippen molar-refractivity contribution in [2.75, 3.05) is 25.2 Å². The smallest absolute Gasteiger partial charge is 0.310 e. The number of methoxy groups -OCH3 is 2. The molecular formula is C23H23N3O6S. The van der Waals surface area contributed by atoms with Gasteiger partial charge in [0.25, 0.3) is 0 Å².